The fourth-order valence-electron chi connectivity index (χ4n) is 9.33. The maximum absolute atomic E-state index is 12.8. The first-order valence-electron chi connectivity index (χ1n) is 17.1. The number of allylic oxidation sites excluding steroid dienone is 1. The van der Waals surface area contributed by atoms with Gasteiger partial charge in [-0.15, -0.1) is 5.92 Å². The fraction of sp³-hybridized carbons (Fsp3) is 0.649. The number of para-hydroxylation sites is 1. The van der Waals surface area contributed by atoms with Gasteiger partial charge in [0, 0.05) is 56.1 Å². The molecule has 1 aromatic carbocycles. The van der Waals surface area contributed by atoms with E-state index in [4.69, 9.17) is 6.58 Å². The third-order valence-corrected chi connectivity index (χ3v) is 11.9. The highest BCUT2D eigenvalue weighted by Crippen LogP contribution is 2.61. The molecule has 6 rings (SSSR count). The van der Waals surface area contributed by atoms with Crippen molar-refractivity contribution in [3.05, 3.63) is 48.2 Å². The van der Waals surface area contributed by atoms with E-state index in [0.717, 1.165) is 48.9 Å². The summed E-state index contributed by atoms with van der Waals surface area (Å²) in [7, 11) is 1.69. The van der Waals surface area contributed by atoms with Gasteiger partial charge in [0.2, 0.25) is 0 Å². The number of H-pyrrole nitrogens is 1. The number of hydrogen-bond acceptors (Lipinski definition) is 5. The Hall–Kier alpha value is -2.83. The number of aromatic amines is 1. The van der Waals surface area contributed by atoms with E-state index in [1.807, 2.05) is 12.1 Å². The summed E-state index contributed by atoms with van der Waals surface area (Å²) in [5.41, 5.74) is 0.489. The Balaban J connectivity index is 1.38. The van der Waals surface area contributed by atoms with E-state index in [2.05, 4.69) is 50.6 Å². The Morgan fingerprint density at radius 1 is 1.09 bits per heavy atom. The van der Waals surface area contributed by atoms with Crippen molar-refractivity contribution in [3.63, 3.8) is 0 Å². The van der Waals surface area contributed by atoms with Gasteiger partial charge in [-0.1, -0.05) is 55.5 Å². The van der Waals surface area contributed by atoms with Gasteiger partial charge in [-0.3, -0.25) is 4.99 Å². The Morgan fingerprint density at radius 2 is 1.89 bits per heavy atom. The maximum Gasteiger partial charge on any atom is 0.191 e. The van der Waals surface area contributed by atoms with Crippen LogP contribution in [0.25, 0.3) is 10.9 Å². The second kappa shape index (κ2) is 13.1. The lowest BCUT2D eigenvalue weighted by Gasteiger charge is -2.45. The molecule has 0 radical (unpaired) electrons. The fourth-order valence-corrected chi connectivity index (χ4v) is 9.33. The van der Waals surface area contributed by atoms with Crippen LogP contribution in [0, 0.1) is 35.0 Å². The Labute approximate surface area is 267 Å². The zero-order chi connectivity index (χ0) is 31.7. The topological polar surface area (TPSA) is 133 Å². The summed E-state index contributed by atoms with van der Waals surface area (Å²) in [5, 5.41) is 54.2. The number of fused-ring (bicyclic) bond motifs is 2. The van der Waals surface area contributed by atoms with Gasteiger partial charge in [0.05, 0.1) is 23.3 Å². The van der Waals surface area contributed by atoms with Crippen LogP contribution in [0.1, 0.15) is 82.7 Å². The molecule has 244 valence electrons. The SMILES string of the molecule is C=C(Cc1cc2ccccc2[nH]1)[C@]12CC#C[C@@H](NC(=NC)NCCCO)C[C@]3(O)[C@@H](O)C[C@@H]([C@@H]3C1)[C@@](O)(C1CCCCC1)CC2. The number of aliphatic hydroxyl groups is 4. The number of nitrogens with one attached hydrogen (secondary N) is 3. The van der Waals surface area contributed by atoms with E-state index in [9.17, 15) is 20.4 Å². The summed E-state index contributed by atoms with van der Waals surface area (Å²) in [6.45, 7) is 5.35. The highest BCUT2D eigenvalue weighted by Gasteiger charge is 2.64. The van der Waals surface area contributed by atoms with Crippen LogP contribution in [0.4, 0.5) is 0 Å². The predicted octanol–water partition coefficient (Wildman–Crippen LogP) is 4.19. The van der Waals surface area contributed by atoms with Crippen LogP contribution in [0.5, 0.6) is 0 Å². The minimum Gasteiger partial charge on any atom is -0.396 e. The standard InChI is InChI=1S/C37H52N4O4/c1-25(20-29-21-26-10-6-7-14-32(26)40-29)35-15-8-13-28(41-34(38-2)39-18-9-19-42)23-37(45)31(24-35)30(22-33(37)43)36(44,17-16-35)27-11-4-3-5-12-27/h6-7,10,14,21,27-28,30-31,33,40,42-45H,1,3-5,9,11-12,15-20,22-24H2,2H3,(H2,38,39,41)/t28-,30+,31+,33+,35+,36+,37-/m1/s1. The van der Waals surface area contributed by atoms with E-state index in [-0.39, 0.29) is 30.8 Å². The second-order valence-corrected chi connectivity index (χ2v) is 14.4. The van der Waals surface area contributed by atoms with Gasteiger partial charge in [-0.2, -0.15) is 0 Å². The minimum absolute atomic E-state index is 0.0800. The third-order valence-electron chi connectivity index (χ3n) is 11.9. The quantitative estimate of drug-likeness (QED) is 0.0783. The molecule has 45 heavy (non-hydrogen) atoms. The van der Waals surface area contributed by atoms with Crippen LogP contribution in [0.3, 0.4) is 0 Å². The average molecular weight is 617 g/mol. The van der Waals surface area contributed by atoms with E-state index in [0.29, 0.717) is 51.0 Å². The molecule has 4 aliphatic rings. The molecule has 1 heterocycles. The maximum atomic E-state index is 12.8. The molecule has 8 nitrogen and oxygen atoms in total. The largest absolute Gasteiger partial charge is 0.396 e. The van der Waals surface area contributed by atoms with Gasteiger partial charge < -0.3 is 36.0 Å². The average Bonchev–Trinajstić information content (AvgIpc) is 3.53. The molecule has 3 saturated carbocycles. The van der Waals surface area contributed by atoms with Gasteiger partial charge in [-0.25, -0.2) is 0 Å². The first-order chi connectivity index (χ1) is 21.7. The van der Waals surface area contributed by atoms with Crippen molar-refractivity contribution >= 4 is 16.9 Å². The Bertz CT molecular complexity index is 1420. The molecule has 7 N–H and O–H groups in total. The summed E-state index contributed by atoms with van der Waals surface area (Å²) in [4.78, 5) is 7.93. The van der Waals surface area contributed by atoms with Crippen LogP contribution in [0.15, 0.2) is 47.5 Å². The number of hydrogen-bond donors (Lipinski definition) is 7. The predicted molar refractivity (Wildman–Crippen MR) is 179 cm³/mol. The molecular formula is C37H52N4O4. The van der Waals surface area contributed by atoms with E-state index in [1.54, 1.807) is 7.05 Å². The van der Waals surface area contributed by atoms with E-state index >= 15 is 0 Å². The zero-order valence-corrected chi connectivity index (χ0v) is 26.8. The highest BCUT2D eigenvalue weighted by molar-refractivity contribution is 5.81. The molecule has 2 bridgehead atoms. The molecular weight excluding hydrogens is 564 g/mol. The summed E-state index contributed by atoms with van der Waals surface area (Å²) >= 11 is 0. The van der Waals surface area contributed by atoms with Crippen molar-refractivity contribution in [1.29, 1.82) is 0 Å². The van der Waals surface area contributed by atoms with Gasteiger partial charge >= 0.3 is 0 Å². The normalized spacial score (nSPS) is 35.4. The van der Waals surface area contributed by atoms with Crippen LogP contribution < -0.4 is 10.6 Å². The van der Waals surface area contributed by atoms with Gasteiger partial charge in [0.15, 0.2) is 5.96 Å². The van der Waals surface area contributed by atoms with Crippen molar-refractivity contribution in [2.75, 3.05) is 20.2 Å². The molecule has 1 aromatic heterocycles. The molecule has 2 aromatic rings. The molecule has 0 saturated heterocycles. The molecule has 0 spiro atoms. The van der Waals surface area contributed by atoms with Gasteiger partial charge in [-0.05, 0) is 80.2 Å². The first-order valence-corrected chi connectivity index (χ1v) is 17.1. The monoisotopic (exact) mass is 616 g/mol. The summed E-state index contributed by atoms with van der Waals surface area (Å²) in [6, 6.07) is 10.0. The number of benzene rings is 1. The Morgan fingerprint density at radius 3 is 2.64 bits per heavy atom. The highest BCUT2D eigenvalue weighted by atomic mass is 16.3. The summed E-state index contributed by atoms with van der Waals surface area (Å²) in [6.07, 6.45) is 8.97. The zero-order valence-electron chi connectivity index (χ0n) is 26.8. The van der Waals surface area contributed by atoms with Crippen molar-refractivity contribution < 1.29 is 20.4 Å². The van der Waals surface area contributed by atoms with Crippen LogP contribution >= 0.6 is 0 Å². The number of guanidine groups is 1. The lowest BCUT2D eigenvalue weighted by atomic mass is 9.64. The van der Waals surface area contributed by atoms with Crippen LogP contribution in [-0.4, -0.2) is 74.9 Å². The van der Waals surface area contributed by atoms with E-state index < -0.39 is 28.8 Å². The Kier molecular flexibility index (Phi) is 9.36. The lowest BCUT2D eigenvalue weighted by molar-refractivity contribution is -0.122. The lowest BCUT2D eigenvalue weighted by Crippen LogP contribution is -2.53. The van der Waals surface area contributed by atoms with E-state index in [1.165, 1.54) is 11.8 Å². The van der Waals surface area contributed by atoms with Crippen molar-refractivity contribution in [2.24, 2.45) is 28.2 Å². The smallest absolute Gasteiger partial charge is 0.191 e. The second-order valence-electron chi connectivity index (χ2n) is 14.4. The first kappa shape index (κ1) is 32.1. The summed E-state index contributed by atoms with van der Waals surface area (Å²) in [5.74, 6) is 7.13. The van der Waals surface area contributed by atoms with Crippen molar-refractivity contribution in [3.8, 4) is 11.8 Å². The van der Waals surface area contributed by atoms with Crippen molar-refractivity contribution in [1.82, 2.24) is 15.6 Å². The van der Waals surface area contributed by atoms with Crippen molar-refractivity contribution in [2.45, 2.75) is 107 Å². The number of aliphatic hydroxyl groups excluding tert-OH is 2. The summed E-state index contributed by atoms with van der Waals surface area (Å²) < 4.78 is 0. The molecule has 0 aliphatic heterocycles. The number of aliphatic imine (C=N–C) groups is 1. The number of rotatable bonds is 8. The van der Waals surface area contributed by atoms with Gasteiger partial charge in [0.1, 0.15) is 0 Å². The minimum atomic E-state index is -1.43. The van der Waals surface area contributed by atoms with Crippen LogP contribution in [-0.2, 0) is 6.42 Å². The molecule has 0 unspecified atom stereocenters. The molecule has 7 atom stereocenters. The van der Waals surface area contributed by atoms with Gasteiger partial charge in [0.25, 0.3) is 0 Å². The molecule has 8 heteroatoms. The molecule has 3 fully saturated rings. The number of nitrogens with zero attached hydrogens (tertiary/aromatic N) is 1. The third kappa shape index (κ3) is 6.17. The van der Waals surface area contributed by atoms with Crippen LogP contribution in [0.2, 0.25) is 0 Å². The molecule has 4 aliphatic carbocycles. The molecule has 0 amide bonds. The number of aromatic nitrogens is 1.